The van der Waals surface area contributed by atoms with Gasteiger partial charge in [-0.2, -0.15) is 0 Å². The highest BCUT2D eigenvalue weighted by atomic mass is 16.2. The molecule has 1 aliphatic heterocycles. The fraction of sp³-hybridized carbons (Fsp3) is 0.316. The average molecular weight is 294 g/mol. The Labute approximate surface area is 132 Å². The summed E-state index contributed by atoms with van der Waals surface area (Å²) in [6.07, 6.45) is 0. The monoisotopic (exact) mass is 294 g/mol. The van der Waals surface area contributed by atoms with Crippen LogP contribution in [0.3, 0.4) is 0 Å². The van der Waals surface area contributed by atoms with Crippen molar-refractivity contribution in [2.45, 2.75) is 26.4 Å². The molecule has 0 saturated carbocycles. The van der Waals surface area contributed by atoms with Crippen molar-refractivity contribution >= 4 is 5.91 Å². The number of benzene rings is 2. The molecule has 0 aliphatic carbocycles. The van der Waals surface area contributed by atoms with Gasteiger partial charge in [0.2, 0.25) is 5.91 Å². The van der Waals surface area contributed by atoms with Crippen molar-refractivity contribution in [3.05, 3.63) is 59.7 Å². The van der Waals surface area contributed by atoms with Crippen molar-refractivity contribution in [2.24, 2.45) is 0 Å². The summed E-state index contributed by atoms with van der Waals surface area (Å²) in [4.78, 5) is 13.9. The minimum Gasteiger partial charge on any atom is -0.351 e. The Balaban J connectivity index is 1.80. The van der Waals surface area contributed by atoms with E-state index in [1.807, 2.05) is 6.92 Å². The minimum absolute atomic E-state index is 0.119. The molecule has 0 radical (unpaired) electrons. The molecule has 1 amide bonds. The number of nitrogens with zero attached hydrogens (tertiary/aromatic N) is 1. The van der Waals surface area contributed by atoms with Crippen molar-refractivity contribution < 1.29 is 4.79 Å². The minimum atomic E-state index is 0.119. The summed E-state index contributed by atoms with van der Waals surface area (Å²) in [6.45, 7) is 6.39. The standard InChI is InChI=1S/C19H22N2O/c1-14-6-3-4-9-18(14)17-8-5-7-16(10-17)12-21-11-15(2)20-19(22)13-21/h3-10,15H,11-13H2,1-2H3,(H,20,22)/t15-/m0/s1. The summed E-state index contributed by atoms with van der Waals surface area (Å²) in [5.74, 6) is 0.119. The number of amides is 1. The Morgan fingerprint density at radius 2 is 2.00 bits per heavy atom. The van der Waals surface area contributed by atoms with Crippen molar-refractivity contribution in [1.82, 2.24) is 10.2 Å². The first kappa shape index (κ1) is 14.8. The third-order valence-electron chi connectivity index (χ3n) is 4.10. The first-order chi connectivity index (χ1) is 10.6. The van der Waals surface area contributed by atoms with E-state index in [9.17, 15) is 4.79 Å². The summed E-state index contributed by atoms with van der Waals surface area (Å²) in [6, 6.07) is 17.3. The van der Waals surface area contributed by atoms with Crippen LogP contribution >= 0.6 is 0 Å². The van der Waals surface area contributed by atoms with E-state index >= 15 is 0 Å². The van der Waals surface area contributed by atoms with E-state index in [0.29, 0.717) is 6.54 Å². The van der Waals surface area contributed by atoms with Crippen LogP contribution in [-0.4, -0.2) is 29.9 Å². The zero-order valence-electron chi connectivity index (χ0n) is 13.2. The van der Waals surface area contributed by atoms with E-state index < -0.39 is 0 Å². The maximum atomic E-state index is 11.7. The highest BCUT2D eigenvalue weighted by Gasteiger charge is 2.21. The zero-order chi connectivity index (χ0) is 15.5. The van der Waals surface area contributed by atoms with E-state index in [1.54, 1.807) is 0 Å². The topological polar surface area (TPSA) is 32.3 Å². The molecule has 0 unspecified atom stereocenters. The second-order valence-electron chi connectivity index (χ2n) is 6.15. The summed E-state index contributed by atoms with van der Waals surface area (Å²) in [7, 11) is 0. The lowest BCUT2D eigenvalue weighted by Gasteiger charge is -2.31. The van der Waals surface area contributed by atoms with Crippen LogP contribution in [0.2, 0.25) is 0 Å². The molecule has 22 heavy (non-hydrogen) atoms. The highest BCUT2D eigenvalue weighted by Crippen LogP contribution is 2.24. The molecule has 2 aromatic rings. The van der Waals surface area contributed by atoms with Gasteiger partial charge in [0.05, 0.1) is 6.54 Å². The quantitative estimate of drug-likeness (QED) is 0.944. The molecule has 3 rings (SSSR count). The fourth-order valence-corrected chi connectivity index (χ4v) is 3.13. The van der Waals surface area contributed by atoms with Gasteiger partial charge >= 0.3 is 0 Å². The molecule has 2 aromatic carbocycles. The average Bonchev–Trinajstić information content (AvgIpc) is 2.47. The lowest BCUT2D eigenvalue weighted by molar-refractivity contribution is -0.125. The van der Waals surface area contributed by atoms with Crippen molar-refractivity contribution in [2.75, 3.05) is 13.1 Å². The molecule has 1 atom stereocenters. The molecule has 0 bridgehead atoms. The van der Waals surface area contributed by atoms with Gasteiger partial charge < -0.3 is 5.32 Å². The molecule has 1 fully saturated rings. The van der Waals surface area contributed by atoms with Gasteiger partial charge in [-0.3, -0.25) is 9.69 Å². The number of aryl methyl sites for hydroxylation is 1. The molecular formula is C19H22N2O. The zero-order valence-corrected chi connectivity index (χ0v) is 13.2. The fourth-order valence-electron chi connectivity index (χ4n) is 3.13. The third kappa shape index (κ3) is 3.37. The van der Waals surface area contributed by atoms with Gasteiger partial charge in [0, 0.05) is 19.1 Å². The van der Waals surface area contributed by atoms with Crippen molar-refractivity contribution in [3.63, 3.8) is 0 Å². The van der Waals surface area contributed by atoms with Crippen LogP contribution in [0.1, 0.15) is 18.1 Å². The summed E-state index contributed by atoms with van der Waals surface area (Å²) >= 11 is 0. The molecule has 1 heterocycles. The Kier molecular flexibility index (Phi) is 4.25. The Bertz CT molecular complexity index is 681. The smallest absolute Gasteiger partial charge is 0.234 e. The van der Waals surface area contributed by atoms with Gasteiger partial charge in [0.25, 0.3) is 0 Å². The van der Waals surface area contributed by atoms with Gasteiger partial charge in [-0.1, -0.05) is 42.5 Å². The second-order valence-corrected chi connectivity index (χ2v) is 6.15. The predicted molar refractivity (Wildman–Crippen MR) is 89.5 cm³/mol. The number of hydrogen-bond acceptors (Lipinski definition) is 2. The van der Waals surface area contributed by atoms with Crippen LogP contribution in [0.5, 0.6) is 0 Å². The van der Waals surface area contributed by atoms with Gasteiger partial charge in [0.1, 0.15) is 0 Å². The molecule has 1 aliphatic rings. The maximum absolute atomic E-state index is 11.7. The van der Waals surface area contributed by atoms with Gasteiger partial charge in [-0.05, 0) is 42.2 Å². The van der Waals surface area contributed by atoms with Gasteiger partial charge in [-0.25, -0.2) is 0 Å². The van der Waals surface area contributed by atoms with E-state index in [0.717, 1.165) is 13.1 Å². The molecular weight excluding hydrogens is 272 g/mol. The maximum Gasteiger partial charge on any atom is 0.234 e. The number of carbonyl (C=O) groups excluding carboxylic acids is 1. The number of rotatable bonds is 3. The SMILES string of the molecule is Cc1ccccc1-c1cccc(CN2CC(=O)N[C@@H](C)C2)c1. The lowest BCUT2D eigenvalue weighted by atomic mass is 9.99. The number of carbonyl (C=O) groups is 1. The van der Waals surface area contributed by atoms with Crippen LogP contribution in [0.15, 0.2) is 48.5 Å². The molecule has 0 spiro atoms. The largest absolute Gasteiger partial charge is 0.351 e. The van der Waals surface area contributed by atoms with Crippen LogP contribution in [0.4, 0.5) is 0 Å². The Morgan fingerprint density at radius 3 is 2.77 bits per heavy atom. The summed E-state index contributed by atoms with van der Waals surface area (Å²) in [5, 5.41) is 2.96. The van der Waals surface area contributed by atoms with Crippen LogP contribution < -0.4 is 5.32 Å². The molecule has 114 valence electrons. The highest BCUT2D eigenvalue weighted by molar-refractivity contribution is 5.79. The van der Waals surface area contributed by atoms with Crippen molar-refractivity contribution in [1.29, 1.82) is 0 Å². The summed E-state index contributed by atoms with van der Waals surface area (Å²) < 4.78 is 0. The van der Waals surface area contributed by atoms with E-state index in [1.165, 1.54) is 22.3 Å². The molecule has 3 heteroatoms. The molecule has 0 aromatic heterocycles. The normalized spacial score (nSPS) is 19.0. The van der Waals surface area contributed by atoms with Gasteiger partial charge in [-0.15, -0.1) is 0 Å². The van der Waals surface area contributed by atoms with Crippen molar-refractivity contribution in [3.8, 4) is 11.1 Å². The van der Waals surface area contributed by atoms with E-state index in [-0.39, 0.29) is 11.9 Å². The lowest BCUT2D eigenvalue weighted by Crippen LogP contribution is -2.52. The van der Waals surface area contributed by atoms with Crippen LogP contribution in [0.25, 0.3) is 11.1 Å². The van der Waals surface area contributed by atoms with Crippen LogP contribution in [-0.2, 0) is 11.3 Å². The van der Waals surface area contributed by atoms with E-state index in [4.69, 9.17) is 0 Å². The number of nitrogens with one attached hydrogen (secondary N) is 1. The second kappa shape index (κ2) is 6.32. The molecule has 1 saturated heterocycles. The molecule has 1 N–H and O–H groups in total. The summed E-state index contributed by atoms with van der Waals surface area (Å²) in [5.41, 5.74) is 5.05. The predicted octanol–water partition coefficient (Wildman–Crippen LogP) is 2.98. The number of hydrogen-bond donors (Lipinski definition) is 1. The first-order valence-electron chi connectivity index (χ1n) is 7.78. The van der Waals surface area contributed by atoms with E-state index in [2.05, 4.69) is 65.7 Å². The van der Waals surface area contributed by atoms with Gasteiger partial charge in [0.15, 0.2) is 0 Å². The number of piperazine rings is 1. The Morgan fingerprint density at radius 1 is 1.18 bits per heavy atom. The molecule has 3 nitrogen and oxygen atoms in total. The Hall–Kier alpha value is -2.13. The first-order valence-corrected chi connectivity index (χ1v) is 7.78. The van der Waals surface area contributed by atoms with Crippen LogP contribution in [0, 0.1) is 6.92 Å². The third-order valence-corrected chi connectivity index (χ3v) is 4.10.